The highest BCUT2D eigenvalue weighted by molar-refractivity contribution is 14.1. The van der Waals surface area contributed by atoms with Crippen LogP contribution < -0.4 is 4.74 Å². The zero-order chi connectivity index (χ0) is 17.9. The standard InChI is InChI=1S/C19H18IN3O2/c1-19(2,13-20)18(24)25-16-8-6-15(7-9-16)23-12-14(11-22-23)17-5-3-4-10-21-17/h3-12H,13H2,1-2H3. The molecule has 0 aliphatic carbocycles. The maximum atomic E-state index is 12.1. The van der Waals surface area contributed by atoms with Crippen molar-refractivity contribution in [2.45, 2.75) is 13.8 Å². The van der Waals surface area contributed by atoms with E-state index in [0.29, 0.717) is 10.2 Å². The fourth-order valence-corrected chi connectivity index (χ4v) is 2.41. The topological polar surface area (TPSA) is 57.0 Å². The molecule has 0 atom stereocenters. The van der Waals surface area contributed by atoms with Gasteiger partial charge >= 0.3 is 5.97 Å². The van der Waals surface area contributed by atoms with Crippen LogP contribution in [0.15, 0.2) is 61.1 Å². The summed E-state index contributed by atoms with van der Waals surface area (Å²) in [5, 5.41) is 4.37. The molecule has 0 spiro atoms. The highest BCUT2D eigenvalue weighted by atomic mass is 127. The van der Waals surface area contributed by atoms with Crippen molar-refractivity contribution in [3.63, 3.8) is 0 Å². The molecule has 25 heavy (non-hydrogen) atoms. The van der Waals surface area contributed by atoms with Crippen LogP contribution in [0.5, 0.6) is 5.75 Å². The van der Waals surface area contributed by atoms with Gasteiger partial charge in [-0.2, -0.15) is 5.10 Å². The summed E-state index contributed by atoms with van der Waals surface area (Å²) >= 11 is 2.19. The van der Waals surface area contributed by atoms with Crippen LogP contribution in [-0.4, -0.2) is 25.2 Å². The first-order valence-corrected chi connectivity index (χ1v) is 9.37. The Morgan fingerprint density at radius 3 is 2.60 bits per heavy atom. The third kappa shape index (κ3) is 4.07. The minimum atomic E-state index is -0.501. The molecule has 0 aliphatic rings. The Hall–Kier alpha value is -2.22. The maximum Gasteiger partial charge on any atom is 0.317 e. The molecule has 0 amide bonds. The van der Waals surface area contributed by atoms with E-state index in [2.05, 4.69) is 32.7 Å². The molecule has 3 rings (SSSR count). The average molecular weight is 447 g/mol. The number of esters is 1. The lowest BCUT2D eigenvalue weighted by Crippen LogP contribution is -2.30. The molecular formula is C19H18IN3O2. The second-order valence-corrected chi connectivity index (χ2v) is 7.05. The van der Waals surface area contributed by atoms with Gasteiger partial charge in [-0.05, 0) is 50.2 Å². The molecule has 3 aromatic rings. The van der Waals surface area contributed by atoms with Crippen molar-refractivity contribution in [3.05, 3.63) is 61.1 Å². The molecule has 0 saturated carbocycles. The molecule has 0 N–H and O–H groups in total. The molecular weight excluding hydrogens is 429 g/mol. The van der Waals surface area contributed by atoms with E-state index in [-0.39, 0.29) is 5.97 Å². The Morgan fingerprint density at radius 1 is 1.20 bits per heavy atom. The van der Waals surface area contributed by atoms with E-state index in [1.54, 1.807) is 29.2 Å². The van der Waals surface area contributed by atoms with E-state index in [9.17, 15) is 4.79 Å². The number of hydrogen-bond donors (Lipinski definition) is 0. The lowest BCUT2D eigenvalue weighted by Gasteiger charge is -2.19. The number of aromatic nitrogens is 3. The highest BCUT2D eigenvalue weighted by Crippen LogP contribution is 2.24. The number of halogens is 1. The van der Waals surface area contributed by atoms with Crippen molar-refractivity contribution < 1.29 is 9.53 Å². The highest BCUT2D eigenvalue weighted by Gasteiger charge is 2.28. The molecule has 128 valence electrons. The maximum absolute atomic E-state index is 12.1. The molecule has 6 heteroatoms. The Kier molecular flexibility index (Phi) is 5.17. The number of alkyl halides is 1. The number of pyridine rings is 1. The third-order valence-corrected chi connectivity index (χ3v) is 5.65. The van der Waals surface area contributed by atoms with Gasteiger partial charge in [0, 0.05) is 22.4 Å². The lowest BCUT2D eigenvalue weighted by atomic mass is 9.97. The van der Waals surface area contributed by atoms with Gasteiger partial charge in [-0.3, -0.25) is 9.78 Å². The van der Waals surface area contributed by atoms with Gasteiger partial charge in [0.1, 0.15) is 5.75 Å². The van der Waals surface area contributed by atoms with Gasteiger partial charge in [-0.25, -0.2) is 4.68 Å². The first kappa shape index (κ1) is 17.6. The number of benzene rings is 1. The number of ether oxygens (including phenoxy) is 1. The van der Waals surface area contributed by atoms with Gasteiger partial charge in [0.05, 0.1) is 23.0 Å². The van der Waals surface area contributed by atoms with Crippen LogP contribution in [0.2, 0.25) is 0 Å². The van der Waals surface area contributed by atoms with E-state index < -0.39 is 5.41 Å². The largest absolute Gasteiger partial charge is 0.426 e. The molecule has 0 fully saturated rings. The zero-order valence-electron chi connectivity index (χ0n) is 14.0. The summed E-state index contributed by atoms with van der Waals surface area (Å²) in [4.78, 5) is 16.5. The number of hydrogen-bond acceptors (Lipinski definition) is 4. The van der Waals surface area contributed by atoms with E-state index in [0.717, 1.165) is 16.9 Å². The lowest BCUT2D eigenvalue weighted by molar-refractivity contribution is -0.142. The van der Waals surface area contributed by atoms with Gasteiger partial charge in [0.15, 0.2) is 0 Å². The van der Waals surface area contributed by atoms with E-state index in [1.165, 1.54) is 0 Å². The number of rotatable bonds is 5. The first-order valence-electron chi connectivity index (χ1n) is 7.84. The monoisotopic (exact) mass is 447 g/mol. The molecule has 0 saturated heterocycles. The van der Waals surface area contributed by atoms with E-state index >= 15 is 0 Å². The van der Waals surface area contributed by atoms with Crippen molar-refractivity contribution in [3.8, 4) is 22.7 Å². The zero-order valence-corrected chi connectivity index (χ0v) is 16.2. The minimum absolute atomic E-state index is 0.230. The van der Waals surface area contributed by atoms with Crippen molar-refractivity contribution >= 4 is 28.6 Å². The van der Waals surface area contributed by atoms with Crippen LogP contribution in [-0.2, 0) is 4.79 Å². The fraction of sp³-hybridized carbons (Fsp3) is 0.211. The Balaban J connectivity index is 1.75. The van der Waals surface area contributed by atoms with E-state index in [1.807, 2.05) is 50.4 Å². The van der Waals surface area contributed by atoms with Crippen molar-refractivity contribution in [1.82, 2.24) is 14.8 Å². The quantitative estimate of drug-likeness (QED) is 0.253. The second-order valence-electron chi connectivity index (χ2n) is 6.29. The summed E-state index contributed by atoms with van der Waals surface area (Å²) in [6.45, 7) is 3.75. The molecule has 2 heterocycles. The second kappa shape index (κ2) is 7.35. The summed E-state index contributed by atoms with van der Waals surface area (Å²) in [5.74, 6) is 0.301. The molecule has 1 aromatic carbocycles. The van der Waals surface area contributed by atoms with Crippen LogP contribution in [0, 0.1) is 5.41 Å². The van der Waals surface area contributed by atoms with Crippen LogP contribution in [0.4, 0.5) is 0 Å². The summed E-state index contributed by atoms with van der Waals surface area (Å²) < 4.78 is 7.92. The first-order chi connectivity index (χ1) is 12.0. The van der Waals surface area contributed by atoms with Gasteiger partial charge in [-0.15, -0.1) is 0 Å². The smallest absolute Gasteiger partial charge is 0.317 e. The van der Waals surface area contributed by atoms with E-state index in [4.69, 9.17) is 4.74 Å². The van der Waals surface area contributed by atoms with Gasteiger partial charge in [0.2, 0.25) is 0 Å². The summed E-state index contributed by atoms with van der Waals surface area (Å²) in [5.41, 5.74) is 2.20. The predicted molar refractivity (Wildman–Crippen MR) is 105 cm³/mol. The third-order valence-electron chi connectivity index (χ3n) is 3.74. The molecule has 2 aromatic heterocycles. The van der Waals surface area contributed by atoms with Gasteiger partial charge in [0.25, 0.3) is 0 Å². The minimum Gasteiger partial charge on any atom is -0.426 e. The Bertz CT molecular complexity index is 858. The van der Waals surface area contributed by atoms with Crippen LogP contribution in [0.25, 0.3) is 16.9 Å². The number of nitrogens with zero attached hydrogens (tertiary/aromatic N) is 3. The Labute approximate surface area is 160 Å². The molecule has 5 nitrogen and oxygen atoms in total. The number of carbonyl (C=O) groups excluding carboxylic acids is 1. The van der Waals surface area contributed by atoms with Gasteiger partial charge < -0.3 is 4.74 Å². The summed E-state index contributed by atoms with van der Waals surface area (Å²) in [6.07, 6.45) is 5.45. The molecule has 0 aliphatic heterocycles. The van der Waals surface area contributed by atoms with Gasteiger partial charge in [-0.1, -0.05) is 28.7 Å². The molecule has 0 radical (unpaired) electrons. The molecule has 0 unspecified atom stereocenters. The van der Waals surface area contributed by atoms with Crippen molar-refractivity contribution in [2.75, 3.05) is 4.43 Å². The molecule has 0 bridgehead atoms. The normalized spacial score (nSPS) is 11.3. The predicted octanol–water partition coefficient (Wildman–Crippen LogP) is 4.30. The SMILES string of the molecule is CC(C)(CI)C(=O)Oc1ccc(-n2cc(-c3ccccn3)cn2)cc1. The van der Waals surface area contributed by atoms with Crippen molar-refractivity contribution in [2.24, 2.45) is 5.41 Å². The van der Waals surface area contributed by atoms with Crippen LogP contribution in [0.3, 0.4) is 0 Å². The summed E-state index contributed by atoms with van der Waals surface area (Å²) in [6, 6.07) is 13.1. The van der Waals surface area contributed by atoms with Crippen LogP contribution >= 0.6 is 22.6 Å². The fourth-order valence-electron chi connectivity index (χ4n) is 2.10. The van der Waals surface area contributed by atoms with Crippen LogP contribution in [0.1, 0.15) is 13.8 Å². The summed E-state index contributed by atoms with van der Waals surface area (Å²) in [7, 11) is 0. The van der Waals surface area contributed by atoms with Crippen molar-refractivity contribution in [1.29, 1.82) is 0 Å². The average Bonchev–Trinajstić information content (AvgIpc) is 3.13. The number of carbonyl (C=O) groups is 1. The Morgan fingerprint density at radius 2 is 1.96 bits per heavy atom.